The third-order valence-corrected chi connectivity index (χ3v) is 5.07. The van der Waals surface area contributed by atoms with E-state index in [4.69, 9.17) is 23.1 Å². The molecule has 0 aliphatic heterocycles. The average Bonchev–Trinajstić information content (AvgIpc) is 3.24. The monoisotopic (exact) mass is 345 g/mol. The van der Waals surface area contributed by atoms with Crippen molar-refractivity contribution in [1.82, 2.24) is 24.3 Å². The summed E-state index contributed by atoms with van der Waals surface area (Å²) < 4.78 is 3.95. The number of aryl methyl sites for hydroxylation is 1. The molecule has 0 aromatic carbocycles. The van der Waals surface area contributed by atoms with Gasteiger partial charge in [0, 0.05) is 31.0 Å². The molecule has 1 aliphatic carbocycles. The fourth-order valence-electron chi connectivity index (χ4n) is 3.69. The largest absolute Gasteiger partial charge is 0.383 e. The molecule has 4 N–H and O–H groups in total. The predicted molar refractivity (Wildman–Crippen MR) is 94.6 cm³/mol. The van der Waals surface area contributed by atoms with E-state index in [1.165, 1.54) is 0 Å². The molecular formula is C16H20ClN7. The summed E-state index contributed by atoms with van der Waals surface area (Å²) in [6.07, 6.45) is 7.25. The number of halogens is 1. The Kier molecular flexibility index (Phi) is 3.69. The molecule has 3 aromatic rings. The highest BCUT2D eigenvalue weighted by Gasteiger charge is 2.28. The number of nitrogens with zero attached hydrogens (tertiary/aromatic N) is 5. The van der Waals surface area contributed by atoms with Crippen LogP contribution in [0.25, 0.3) is 22.3 Å². The van der Waals surface area contributed by atoms with E-state index in [2.05, 4.69) is 25.8 Å². The Morgan fingerprint density at radius 3 is 2.83 bits per heavy atom. The predicted octanol–water partition coefficient (Wildman–Crippen LogP) is 2.37. The third-order valence-electron chi connectivity index (χ3n) is 4.90. The number of fused-ring (bicyclic) bond motifs is 1. The Morgan fingerprint density at radius 2 is 2.17 bits per heavy atom. The molecular weight excluding hydrogens is 326 g/mol. The standard InChI is InChI=1S/C16H20ClN7/c1-23-5-4-12(22-23)11-8-24(10-3-2-9(6-10)7-18)15-13(11)14(19)20-16(17)21-15/h4-5,8-10H,2-3,6-7,18H2,1H3,(H2,19,20,21). The molecule has 0 amide bonds. The number of nitrogens with two attached hydrogens (primary N) is 2. The zero-order valence-electron chi connectivity index (χ0n) is 13.5. The van der Waals surface area contributed by atoms with Crippen molar-refractivity contribution in [3.05, 3.63) is 23.7 Å². The molecule has 1 fully saturated rings. The summed E-state index contributed by atoms with van der Waals surface area (Å²) in [5.74, 6) is 0.943. The summed E-state index contributed by atoms with van der Waals surface area (Å²) in [5.41, 5.74) is 14.6. The first-order valence-electron chi connectivity index (χ1n) is 8.10. The average molecular weight is 346 g/mol. The lowest BCUT2D eigenvalue weighted by Gasteiger charge is -2.13. The maximum absolute atomic E-state index is 6.16. The van der Waals surface area contributed by atoms with Crippen molar-refractivity contribution in [3.63, 3.8) is 0 Å². The van der Waals surface area contributed by atoms with E-state index in [9.17, 15) is 0 Å². The van der Waals surface area contributed by atoms with Gasteiger partial charge < -0.3 is 16.0 Å². The van der Waals surface area contributed by atoms with Crippen LogP contribution in [-0.2, 0) is 7.05 Å². The molecule has 126 valence electrons. The normalized spacial score (nSPS) is 21.0. The first-order chi connectivity index (χ1) is 11.6. The molecule has 4 rings (SSSR count). The number of anilines is 1. The third kappa shape index (κ3) is 2.44. The van der Waals surface area contributed by atoms with Crippen LogP contribution in [0.2, 0.25) is 5.28 Å². The SMILES string of the molecule is Cn1ccc(-c2cn(C3CCC(CN)C3)c3nc(Cl)nc(N)c23)n1. The Morgan fingerprint density at radius 1 is 1.33 bits per heavy atom. The molecule has 0 radical (unpaired) electrons. The summed E-state index contributed by atoms with van der Waals surface area (Å²) >= 11 is 6.06. The van der Waals surface area contributed by atoms with Gasteiger partial charge in [0.25, 0.3) is 0 Å². The van der Waals surface area contributed by atoms with Gasteiger partial charge in [0.2, 0.25) is 5.28 Å². The van der Waals surface area contributed by atoms with E-state index in [0.29, 0.717) is 17.8 Å². The van der Waals surface area contributed by atoms with Gasteiger partial charge in [-0.25, -0.2) is 4.98 Å². The van der Waals surface area contributed by atoms with Crippen LogP contribution in [0.5, 0.6) is 0 Å². The lowest BCUT2D eigenvalue weighted by atomic mass is 10.1. The van der Waals surface area contributed by atoms with Crippen LogP contribution in [0.1, 0.15) is 25.3 Å². The van der Waals surface area contributed by atoms with Gasteiger partial charge >= 0.3 is 0 Å². The minimum Gasteiger partial charge on any atom is -0.383 e. The molecule has 24 heavy (non-hydrogen) atoms. The van der Waals surface area contributed by atoms with Gasteiger partial charge in [-0.05, 0) is 49.4 Å². The van der Waals surface area contributed by atoms with Crippen molar-refractivity contribution in [2.24, 2.45) is 18.7 Å². The number of hydrogen-bond donors (Lipinski definition) is 2. The van der Waals surface area contributed by atoms with Crippen LogP contribution in [0.4, 0.5) is 5.82 Å². The summed E-state index contributed by atoms with van der Waals surface area (Å²) in [7, 11) is 1.89. The fraction of sp³-hybridized carbons (Fsp3) is 0.438. The molecule has 8 heteroatoms. The molecule has 1 saturated carbocycles. The molecule has 7 nitrogen and oxygen atoms in total. The summed E-state index contributed by atoms with van der Waals surface area (Å²) in [4.78, 5) is 8.59. The maximum Gasteiger partial charge on any atom is 0.226 e. The maximum atomic E-state index is 6.16. The second-order valence-electron chi connectivity index (χ2n) is 6.47. The smallest absolute Gasteiger partial charge is 0.226 e. The van der Waals surface area contributed by atoms with Crippen molar-refractivity contribution < 1.29 is 0 Å². The van der Waals surface area contributed by atoms with Gasteiger partial charge in [0.05, 0.1) is 11.1 Å². The molecule has 2 atom stereocenters. The quantitative estimate of drug-likeness (QED) is 0.710. The fourth-order valence-corrected chi connectivity index (χ4v) is 3.87. The number of hydrogen-bond acceptors (Lipinski definition) is 5. The molecule has 0 saturated heterocycles. The summed E-state index contributed by atoms with van der Waals surface area (Å²) in [6, 6.07) is 2.31. The molecule has 1 aliphatic rings. The summed E-state index contributed by atoms with van der Waals surface area (Å²) in [6.45, 7) is 0.723. The lowest BCUT2D eigenvalue weighted by Crippen LogP contribution is -2.12. The van der Waals surface area contributed by atoms with E-state index in [1.54, 1.807) is 4.68 Å². The van der Waals surface area contributed by atoms with E-state index < -0.39 is 0 Å². The zero-order valence-corrected chi connectivity index (χ0v) is 14.2. The number of rotatable bonds is 3. The zero-order chi connectivity index (χ0) is 16.8. The first-order valence-corrected chi connectivity index (χ1v) is 8.48. The van der Waals surface area contributed by atoms with Crippen molar-refractivity contribution in [2.75, 3.05) is 12.3 Å². The van der Waals surface area contributed by atoms with Crippen molar-refractivity contribution in [2.45, 2.75) is 25.3 Å². The van der Waals surface area contributed by atoms with E-state index in [0.717, 1.165) is 48.1 Å². The Balaban J connectivity index is 1.91. The van der Waals surface area contributed by atoms with Crippen molar-refractivity contribution in [3.8, 4) is 11.3 Å². The number of nitrogen functional groups attached to an aromatic ring is 1. The van der Waals surface area contributed by atoms with Gasteiger partial charge in [-0.2, -0.15) is 10.1 Å². The van der Waals surface area contributed by atoms with Crippen LogP contribution in [0, 0.1) is 5.92 Å². The lowest BCUT2D eigenvalue weighted by molar-refractivity contribution is 0.490. The van der Waals surface area contributed by atoms with E-state index in [1.807, 2.05) is 19.3 Å². The van der Waals surface area contributed by atoms with Gasteiger partial charge in [-0.15, -0.1) is 0 Å². The Labute approximate surface area is 144 Å². The van der Waals surface area contributed by atoms with Gasteiger partial charge in [-0.1, -0.05) is 0 Å². The van der Waals surface area contributed by atoms with Crippen LogP contribution in [-0.4, -0.2) is 30.9 Å². The van der Waals surface area contributed by atoms with Crippen molar-refractivity contribution >= 4 is 28.5 Å². The Bertz CT molecular complexity index is 897. The summed E-state index contributed by atoms with van der Waals surface area (Å²) in [5, 5.41) is 5.49. The highest BCUT2D eigenvalue weighted by atomic mass is 35.5. The molecule has 3 aromatic heterocycles. The van der Waals surface area contributed by atoms with Crippen LogP contribution >= 0.6 is 11.6 Å². The molecule has 0 spiro atoms. The topological polar surface area (TPSA) is 101 Å². The van der Waals surface area contributed by atoms with Crippen LogP contribution in [0.15, 0.2) is 18.5 Å². The van der Waals surface area contributed by atoms with Gasteiger partial charge in [0.1, 0.15) is 11.5 Å². The highest BCUT2D eigenvalue weighted by molar-refractivity contribution is 6.29. The minimum absolute atomic E-state index is 0.167. The van der Waals surface area contributed by atoms with Crippen LogP contribution < -0.4 is 11.5 Å². The highest BCUT2D eigenvalue weighted by Crippen LogP contribution is 2.40. The molecule has 3 heterocycles. The van der Waals surface area contributed by atoms with Crippen LogP contribution in [0.3, 0.4) is 0 Å². The first kappa shape index (κ1) is 15.4. The number of aromatic nitrogens is 5. The van der Waals surface area contributed by atoms with Gasteiger partial charge in [0.15, 0.2) is 0 Å². The van der Waals surface area contributed by atoms with Gasteiger partial charge in [-0.3, -0.25) is 4.68 Å². The van der Waals surface area contributed by atoms with E-state index >= 15 is 0 Å². The second-order valence-corrected chi connectivity index (χ2v) is 6.81. The molecule has 0 bridgehead atoms. The molecule has 2 unspecified atom stereocenters. The minimum atomic E-state index is 0.167. The van der Waals surface area contributed by atoms with Crippen molar-refractivity contribution in [1.29, 1.82) is 0 Å². The second kappa shape index (κ2) is 5.75. The Hall–Kier alpha value is -2.12. The van der Waals surface area contributed by atoms with E-state index in [-0.39, 0.29) is 5.28 Å².